The average molecular weight is 292 g/mol. The second kappa shape index (κ2) is 7.59. The Kier molecular flexibility index (Phi) is 5.77. The Hall–Kier alpha value is -0.960. The summed E-state index contributed by atoms with van der Waals surface area (Å²) in [4.78, 5) is 2.51. The molecule has 0 radical (unpaired) electrons. The molecule has 0 saturated heterocycles. The summed E-state index contributed by atoms with van der Waals surface area (Å²) >= 11 is 7.88. The molecule has 3 heteroatoms. The number of benzene rings is 2. The van der Waals surface area contributed by atoms with Crippen LogP contribution in [-0.2, 0) is 6.54 Å². The Bertz CT molecular complexity index is 513. The van der Waals surface area contributed by atoms with Crippen LogP contribution in [0, 0.1) is 0 Å². The van der Waals surface area contributed by atoms with E-state index in [2.05, 4.69) is 48.6 Å². The van der Waals surface area contributed by atoms with Crippen molar-refractivity contribution in [1.29, 1.82) is 0 Å². The number of halogens is 1. The van der Waals surface area contributed by atoms with Gasteiger partial charge in [0.2, 0.25) is 0 Å². The van der Waals surface area contributed by atoms with Gasteiger partial charge in [0.1, 0.15) is 0 Å². The van der Waals surface area contributed by atoms with Crippen LogP contribution in [0.2, 0.25) is 5.02 Å². The van der Waals surface area contributed by atoms with E-state index in [1.165, 1.54) is 15.4 Å². The summed E-state index contributed by atoms with van der Waals surface area (Å²) < 4.78 is 0. The highest BCUT2D eigenvalue weighted by molar-refractivity contribution is 7.99. The molecular formula is C16H18ClNS. The molecule has 100 valence electrons. The van der Waals surface area contributed by atoms with E-state index < -0.39 is 0 Å². The summed E-state index contributed by atoms with van der Waals surface area (Å²) in [6, 6.07) is 16.5. The first-order valence-electron chi connectivity index (χ1n) is 6.51. The smallest absolute Gasteiger partial charge is 0.0410 e. The molecule has 0 aliphatic carbocycles. The van der Waals surface area contributed by atoms with Crippen molar-refractivity contribution >= 4 is 23.4 Å². The molecule has 0 saturated carbocycles. The van der Waals surface area contributed by atoms with Crippen LogP contribution < -0.4 is 5.32 Å². The van der Waals surface area contributed by atoms with Crippen molar-refractivity contribution in [2.45, 2.75) is 29.7 Å². The number of rotatable bonds is 6. The summed E-state index contributed by atoms with van der Waals surface area (Å²) in [5.74, 6) is 0. The van der Waals surface area contributed by atoms with E-state index >= 15 is 0 Å². The van der Waals surface area contributed by atoms with E-state index in [1.807, 2.05) is 12.1 Å². The molecule has 0 atom stereocenters. The molecule has 0 fully saturated rings. The van der Waals surface area contributed by atoms with Gasteiger partial charge in [-0.2, -0.15) is 0 Å². The van der Waals surface area contributed by atoms with E-state index in [1.54, 1.807) is 11.8 Å². The highest BCUT2D eigenvalue weighted by atomic mass is 35.5. The van der Waals surface area contributed by atoms with E-state index in [0.29, 0.717) is 0 Å². The van der Waals surface area contributed by atoms with E-state index in [-0.39, 0.29) is 0 Å². The molecule has 0 spiro atoms. The largest absolute Gasteiger partial charge is 0.313 e. The summed E-state index contributed by atoms with van der Waals surface area (Å²) in [5, 5.41) is 4.23. The fraction of sp³-hybridized carbons (Fsp3) is 0.250. The van der Waals surface area contributed by atoms with Crippen LogP contribution in [0.4, 0.5) is 0 Å². The van der Waals surface area contributed by atoms with Crippen molar-refractivity contribution in [2.24, 2.45) is 0 Å². The topological polar surface area (TPSA) is 12.0 Å². The van der Waals surface area contributed by atoms with Crippen molar-refractivity contribution in [3.8, 4) is 0 Å². The van der Waals surface area contributed by atoms with Crippen molar-refractivity contribution in [3.05, 3.63) is 59.1 Å². The predicted octanol–water partition coefficient (Wildman–Crippen LogP) is 4.99. The van der Waals surface area contributed by atoms with Gasteiger partial charge in [-0.15, -0.1) is 0 Å². The minimum absolute atomic E-state index is 0.797. The molecule has 2 aromatic carbocycles. The molecule has 0 bridgehead atoms. The van der Waals surface area contributed by atoms with Gasteiger partial charge >= 0.3 is 0 Å². The lowest BCUT2D eigenvalue weighted by Crippen LogP contribution is -2.14. The Morgan fingerprint density at radius 3 is 2.63 bits per heavy atom. The van der Waals surface area contributed by atoms with Gasteiger partial charge in [0, 0.05) is 21.4 Å². The molecule has 0 heterocycles. The SMILES string of the molecule is CCCNCc1cc(Cl)ccc1Sc1ccccc1. The van der Waals surface area contributed by atoms with Crippen LogP contribution in [0.3, 0.4) is 0 Å². The molecule has 0 aliphatic rings. The van der Waals surface area contributed by atoms with Gasteiger partial charge in [-0.1, -0.05) is 48.5 Å². The van der Waals surface area contributed by atoms with E-state index in [0.717, 1.165) is 24.5 Å². The molecule has 19 heavy (non-hydrogen) atoms. The zero-order valence-corrected chi connectivity index (χ0v) is 12.6. The molecule has 0 aliphatic heterocycles. The maximum absolute atomic E-state index is 6.10. The monoisotopic (exact) mass is 291 g/mol. The van der Waals surface area contributed by atoms with Crippen LogP contribution in [0.5, 0.6) is 0 Å². The average Bonchev–Trinajstić information content (AvgIpc) is 2.43. The first-order valence-corrected chi connectivity index (χ1v) is 7.71. The van der Waals surface area contributed by atoms with E-state index in [9.17, 15) is 0 Å². The standard InChI is InChI=1S/C16H18ClNS/c1-2-10-18-12-13-11-14(17)8-9-16(13)19-15-6-4-3-5-7-15/h3-9,11,18H,2,10,12H2,1H3. The Balaban J connectivity index is 2.14. The maximum Gasteiger partial charge on any atom is 0.0410 e. The second-order valence-electron chi connectivity index (χ2n) is 4.34. The normalized spacial score (nSPS) is 10.6. The van der Waals surface area contributed by atoms with Crippen molar-refractivity contribution < 1.29 is 0 Å². The highest BCUT2D eigenvalue weighted by Crippen LogP contribution is 2.31. The number of nitrogens with one attached hydrogen (secondary N) is 1. The maximum atomic E-state index is 6.10. The molecule has 1 N–H and O–H groups in total. The van der Waals surface area contributed by atoms with Crippen molar-refractivity contribution in [1.82, 2.24) is 5.32 Å². The van der Waals surface area contributed by atoms with Gasteiger partial charge in [0.25, 0.3) is 0 Å². The highest BCUT2D eigenvalue weighted by Gasteiger charge is 2.05. The Morgan fingerprint density at radius 1 is 1.11 bits per heavy atom. The zero-order valence-electron chi connectivity index (χ0n) is 11.0. The van der Waals surface area contributed by atoms with Crippen molar-refractivity contribution in [2.75, 3.05) is 6.54 Å². The van der Waals surface area contributed by atoms with Crippen LogP contribution >= 0.6 is 23.4 Å². The summed E-state index contributed by atoms with van der Waals surface area (Å²) in [5.41, 5.74) is 1.26. The van der Waals surface area contributed by atoms with Crippen LogP contribution in [0.1, 0.15) is 18.9 Å². The predicted molar refractivity (Wildman–Crippen MR) is 84.0 cm³/mol. The Labute approximate surface area is 124 Å². The first kappa shape index (κ1) is 14.4. The van der Waals surface area contributed by atoms with E-state index in [4.69, 9.17) is 11.6 Å². The van der Waals surface area contributed by atoms with Gasteiger partial charge in [0.05, 0.1) is 0 Å². The van der Waals surface area contributed by atoms with Gasteiger partial charge in [-0.05, 0) is 48.9 Å². The first-order chi connectivity index (χ1) is 9.29. The van der Waals surface area contributed by atoms with Gasteiger partial charge in [0.15, 0.2) is 0 Å². The summed E-state index contributed by atoms with van der Waals surface area (Å²) in [6.45, 7) is 4.07. The molecule has 0 aromatic heterocycles. The fourth-order valence-electron chi connectivity index (χ4n) is 1.80. The molecule has 0 amide bonds. The quantitative estimate of drug-likeness (QED) is 0.753. The molecule has 0 unspecified atom stereocenters. The van der Waals surface area contributed by atoms with Crippen LogP contribution in [0.15, 0.2) is 58.3 Å². The lowest BCUT2D eigenvalue weighted by molar-refractivity contribution is 0.669. The third-order valence-corrected chi connectivity index (χ3v) is 4.10. The van der Waals surface area contributed by atoms with Crippen molar-refractivity contribution in [3.63, 3.8) is 0 Å². The fourth-order valence-corrected chi connectivity index (χ4v) is 2.94. The molecule has 2 aromatic rings. The molecular weight excluding hydrogens is 274 g/mol. The summed E-state index contributed by atoms with van der Waals surface area (Å²) in [7, 11) is 0. The van der Waals surface area contributed by atoms with Gasteiger partial charge < -0.3 is 5.32 Å². The molecule has 2 rings (SSSR count). The minimum atomic E-state index is 0.797. The number of hydrogen-bond acceptors (Lipinski definition) is 2. The molecule has 1 nitrogen and oxygen atoms in total. The summed E-state index contributed by atoms with van der Waals surface area (Å²) in [6.07, 6.45) is 1.14. The lowest BCUT2D eigenvalue weighted by Gasteiger charge is -2.10. The van der Waals surface area contributed by atoms with Gasteiger partial charge in [-0.3, -0.25) is 0 Å². The van der Waals surface area contributed by atoms with Gasteiger partial charge in [-0.25, -0.2) is 0 Å². The third-order valence-electron chi connectivity index (χ3n) is 2.74. The minimum Gasteiger partial charge on any atom is -0.313 e. The zero-order chi connectivity index (χ0) is 13.5. The number of hydrogen-bond donors (Lipinski definition) is 1. The van der Waals surface area contributed by atoms with Crippen LogP contribution in [-0.4, -0.2) is 6.54 Å². The second-order valence-corrected chi connectivity index (χ2v) is 5.90. The third kappa shape index (κ3) is 4.57. The Morgan fingerprint density at radius 2 is 1.89 bits per heavy atom. The lowest BCUT2D eigenvalue weighted by atomic mass is 10.2. The van der Waals surface area contributed by atoms with Crippen LogP contribution in [0.25, 0.3) is 0 Å².